The molecule has 0 aliphatic heterocycles. The maximum absolute atomic E-state index is 5.54. The van der Waals surface area contributed by atoms with Crippen molar-refractivity contribution < 1.29 is 4.74 Å². The first-order valence-electron chi connectivity index (χ1n) is 4.40. The zero-order chi connectivity index (χ0) is 10.7. The number of hydrogen-bond acceptors (Lipinski definition) is 4. The van der Waals surface area contributed by atoms with Gasteiger partial charge in [0.25, 0.3) is 0 Å². The summed E-state index contributed by atoms with van der Waals surface area (Å²) in [6.07, 6.45) is 5.11. The normalized spacial score (nSPS) is 9.80. The van der Waals surface area contributed by atoms with E-state index in [1.165, 1.54) is 0 Å². The Morgan fingerprint density at radius 2 is 2.13 bits per heavy atom. The molecule has 0 saturated heterocycles. The van der Waals surface area contributed by atoms with Crippen molar-refractivity contribution in [2.75, 3.05) is 12.3 Å². The third kappa shape index (κ3) is 1.81. The zero-order valence-corrected chi connectivity index (χ0v) is 7.97. The highest BCUT2D eigenvalue weighted by atomic mass is 16.5. The fourth-order valence-electron chi connectivity index (χ4n) is 1.28. The first-order valence-corrected chi connectivity index (χ1v) is 4.40. The van der Waals surface area contributed by atoms with E-state index in [0.717, 1.165) is 10.9 Å². The van der Waals surface area contributed by atoms with Gasteiger partial charge >= 0.3 is 0 Å². The van der Waals surface area contributed by atoms with E-state index in [-0.39, 0.29) is 12.6 Å². The van der Waals surface area contributed by atoms with Crippen LogP contribution < -0.4 is 10.5 Å². The third-order valence-corrected chi connectivity index (χ3v) is 1.88. The minimum absolute atomic E-state index is 0.167. The summed E-state index contributed by atoms with van der Waals surface area (Å²) >= 11 is 0. The molecule has 2 N–H and O–H groups in total. The van der Waals surface area contributed by atoms with Crippen LogP contribution in [0.25, 0.3) is 10.9 Å². The van der Waals surface area contributed by atoms with E-state index in [9.17, 15) is 0 Å². The van der Waals surface area contributed by atoms with Crippen LogP contribution in [-0.4, -0.2) is 16.6 Å². The summed E-state index contributed by atoms with van der Waals surface area (Å²) in [5, 5.41) is 0.807. The number of hydrogen-bond donors (Lipinski definition) is 1. The standard InChI is InChI=1S/C11H9N3O/c1-2-7-15-10-8-5-3-4-6-9(8)13-11(12)14-10/h1,3-6H,7H2,(H2,12,13,14). The third-order valence-electron chi connectivity index (χ3n) is 1.88. The van der Waals surface area contributed by atoms with Gasteiger partial charge in [-0.25, -0.2) is 4.98 Å². The molecule has 1 aromatic carbocycles. The Balaban J connectivity index is 2.56. The van der Waals surface area contributed by atoms with E-state index in [2.05, 4.69) is 15.9 Å². The van der Waals surface area contributed by atoms with Crippen LogP contribution >= 0.6 is 0 Å². The molecule has 0 radical (unpaired) electrons. The average molecular weight is 199 g/mol. The van der Waals surface area contributed by atoms with Crippen LogP contribution in [0.5, 0.6) is 5.88 Å². The Morgan fingerprint density at radius 1 is 1.33 bits per heavy atom. The van der Waals surface area contributed by atoms with Crippen LogP contribution in [0.2, 0.25) is 0 Å². The predicted octanol–water partition coefficient (Wildman–Crippen LogP) is 1.22. The van der Waals surface area contributed by atoms with Crippen LogP contribution in [0.3, 0.4) is 0 Å². The molecule has 4 nitrogen and oxygen atoms in total. The van der Waals surface area contributed by atoms with Crippen LogP contribution in [-0.2, 0) is 0 Å². The molecule has 0 aliphatic carbocycles. The number of ether oxygens (including phenoxy) is 1. The van der Waals surface area contributed by atoms with Crippen molar-refractivity contribution >= 4 is 16.9 Å². The Kier molecular flexibility index (Phi) is 2.38. The van der Waals surface area contributed by atoms with Gasteiger partial charge in [-0.05, 0) is 12.1 Å². The van der Waals surface area contributed by atoms with Gasteiger partial charge in [0.1, 0.15) is 0 Å². The number of rotatable bonds is 2. The lowest BCUT2D eigenvalue weighted by molar-refractivity contribution is 0.360. The van der Waals surface area contributed by atoms with Gasteiger partial charge in [-0.2, -0.15) is 4.98 Å². The Bertz CT molecular complexity index is 531. The first-order chi connectivity index (χ1) is 7.31. The van der Waals surface area contributed by atoms with Crippen LogP contribution in [0.4, 0.5) is 5.95 Å². The molecular weight excluding hydrogens is 190 g/mol. The largest absolute Gasteiger partial charge is 0.464 e. The van der Waals surface area contributed by atoms with E-state index in [1.807, 2.05) is 24.3 Å². The van der Waals surface area contributed by atoms with E-state index in [4.69, 9.17) is 16.9 Å². The van der Waals surface area contributed by atoms with E-state index in [0.29, 0.717) is 5.88 Å². The minimum atomic E-state index is 0.167. The molecular formula is C11H9N3O. The van der Waals surface area contributed by atoms with Crippen molar-refractivity contribution in [2.24, 2.45) is 0 Å². The molecule has 1 aromatic heterocycles. The van der Waals surface area contributed by atoms with Crippen LogP contribution in [0.1, 0.15) is 0 Å². The highest BCUT2D eigenvalue weighted by Gasteiger charge is 2.05. The first kappa shape index (κ1) is 9.28. The predicted molar refractivity (Wildman–Crippen MR) is 58.3 cm³/mol. The molecule has 1 heterocycles. The number of nitrogen functional groups attached to an aromatic ring is 1. The topological polar surface area (TPSA) is 61.0 Å². The van der Waals surface area contributed by atoms with E-state index >= 15 is 0 Å². The van der Waals surface area contributed by atoms with Crippen LogP contribution in [0, 0.1) is 12.3 Å². The average Bonchev–Trinajstić information content (AvgIpc) is 2.25. The number of para-hydroxylation sites is 1. The van der Waals surface area contributed by atoms with Crippen molar-refractivity contribution in [1.29, 1.82) is 0 Å². The molecule has 0 fully saturated rings. The second-order valence-corrected chi connectivity index (χ2v) is 2.90. The second-order valence-electron chi connectivity index (χ2n) is 2.90. The summed E-state index contributed by atoms with van der Waals surface area (Å²) in [6, 6.07) is 7.46. The highest BCUT2D eigenvalue weighted by Crippen LogP contribution is 2.22. The smallest absolute Gasteiger partial charge is 0.227 e. The number of terminal acetylenes is 1. The molecule has 74 valence electrons. The number of aromatic nitrogens is 2. The van der Waals surface area contributed by atoms with Crippen molar-refractivity contribution in [3.63, 3.8) is 0 Å². The fourth-order valence-corrected chi connectivity index (χ4v) is 1.28. The van der Waals surface area contributed by atoms with Gasteiger partial charge in [0.05, 0.1) is 10.9 Å². The molecule has 0 aliphatic rings. The molecule has 0 saturated carbocycles. The number of nitrogens with two attached hydrogens (primary N) is 1. The maximum atomic E-state index is 5.54. The SMILES string of the molecule is C#CCOc1nc(N)nc2ccccc12. The quantitative estimate of drug-likeness (QED) is 0.739. The van der Waals surface area contributed by atoms with Crippen molar-refractivity contribution in [1.82, 2.24) is 9.97 Å². The van der Waals surface area contributed by atoms with Gasteiger partial charge in [0.2, 0.25) is 11.8 Å². The van der Waals surface area contributed by atoms with E-state index in [1.54, 1.807) is 0 Å². The number of anilines is 1. The second kappa shape index (κ2) is 3.84. The number of nitrogens with zero attached hydrogens (tertiary/aromatic N) is 2. The Morgan fingerprint density at radius 3 is 2.93 bits per heavy atom. The molecule has 2 aromatic rings. The summed E-state index contributed by atoms with van der Waals surface area (Å²) in [6.45, 7) is 0.167. The van der Waals surface area contributed by atoms with E-state index < -0.39 is 0 Å². The summed E-state index contributed by atoms with van der Waals surface area (Å²) < 4.78 is 5.28. The van der Waals surface area contributed by atoms with Crippen molar-refractivity contribution in [3.8, 4) is 18.2 Å². The van der Waals surface area contributed by atoms with Crippen molar-refractivity contribution in [2.45, 2.75) is 0 Å². The van der Waals surface area contributed by atoms with Gasteiger partial charge in [-0.3, -0.25) is 0 Å². The monoisotopic (exact) mass is 199 g/mol. The van der Waals surface area contributed by atoms with Gasteiger partial charge in [0.15, 0.2) is 6.61 Å². The summed E-state index contributed by atoms with van der Waals surface area (Å²) in [5.74, 6) is 2.99. The van der Waals surface area contributed by atoms with Gasteiger partial charge < -0.3 is 10.5 Å². The Labute approximate surface area is 87.1 Å². The lowest BCUT2D eigenvalue weighted by Gasteiger charge is -2.05. The molecule has 0 bridgehead atoms. The summed E-state index contributed by atoms with van der Waals surface area (Å²) in [7, 11) is 0. The van der Waals surface area contributed by atoms with Crippen LogP contribution in [0.15, 0.2) is 24.3 Å². The lowest BCUT2D eigenvalue weighted by atomic mass is 10.2. The molecule has 0 amide bonds. The molecule has 0 unspecified atom stereocenters. The van der Waals surface area contributed by atoms with Gasteiger partial charge in [0, 0.05) is 0 Å². The summed E-state index contributed by atoms with van der Waals surface area (Å²) in [5.41, 5.74) is 6.29. The fraction of sp³-hybridized carbons (Fsp3) is 0.0909. The highest BCUT2D eigenvalue weighted by molar-refractivity contribution is 5.84. The minimum Gasteiger partial charge on any atom is -0.464 e. The summed E-state index contributed by atoms with van der Waals surface area (Å²) in [4.78, 5) is 8.07. The maximum Gasteiger partial charge on any atom is 0.227 e. The molecule has 15 heavy (non-hydrogen) atoms. The number of fused-ring (bicyclic) bond motifs is 1. The lowest BCUT2D eigenvalue weighted by Crippen LogP contribution is -2.01. The number of benzene rings is 1. The molecule has 0 atom stereocenters. The van der Waals surface area contributed by atoms with Crippen molar-refractivity contribution in [3.05, 3.63) is 24.3 Å². The van der Waals surface area contributed by atoms with Gasteiger partial charge in [-0.15, -0.1) is 6.42 Å². The molecule has 4 heteroatoms. The molecule has 0 spiro atoms. The zero-order valence-electron chi connectivity index (χ0n) is 7.97. The molecule has 2 rings (SSSR count). The van der Waals surface area contributed by atoms with Gasteiger partial charge in [-0.1, -0.05) is 18.1 Å². The Hall–Kier alpha value is -2.28.